The van der Waals surface area contributed by atoms with Crippen molar-refractivity contribution >= 4 is 22.5 Å². The summed E-state index contributed by atoms with van der Waals surface area (Å²) in [6, 6.07) is 7.85. The Kier molecular flexibility index (Phi) is 2.33. The smallest absolute Gasteiger partial charge is 0.229 e. The van der Waals surface area contributed by atoms with Gasteiger partial charge in [0, 0.05) is 24.1 Å². The molecule has 5 heteroatoms. The molecule has 0 fully saturated rings. The second-order valence-corrected chi connectivity index (χ2v) is 5.06. The highest BCUT2D eigenvalue weighted by Crippen LogP contribution is 2.35. The minimum atomic E-state index is -0.0158. The van der Waals surface area contributed by atoms with Crippen molar-refractivity contribution in [1.82, 2.24) is 14.2 Å². The van der Waals surface area contributed by atoms with Crippen LogP contribution in [0.25, 0.3) is 27.7 Å². The number of carbonyl (C=O) groups is 1. The molecule has 0 aliphatic heterocycles. The number of fused-ring (bicyclic) bond motifs is 2. The summed E-state index contributed by atoms with van der Waals surface area (Å²) in [4.78, 5) is 11.9. The van der Waals surface area contributed by atoms with Crippen LogP contribution in [0.5, 0.6) is 0 Å². The molecule has 1 aromatic carbocycles. The second kappa shape index (κ2) is 4.09. The number of para-hydroxylation sites is 1. The zero-order chi connectivity index (χ0) is 14.6. The van der Waals surface area contributed by atoms with Crippen molar-refractivity contribution in [2.24, 2.45) is 0 Å². The van der Waals surface area contributed by atoms with Crippen LogP contribution in [-0.4, -0.2) is 20.1 Å². The Morgan fingerprint density at radius 3 is 2.90 bits per heavy atom. The van der Waals surface area contributed by atoms with Gasteiger partial charge in [-0.15, -0.1) is 0 Å². The SMILES string of the molecule is CC(=O)n1cc(-c2c(C)nn3ccoc23)c2ccccc21. The highest BCUT2D eigenvalue weighted by atomic mass is 16.3. The molecule has 4 rings (SSSR count). The van der Waals surface area contributed by atoms with Crippen LogP contribution in [0, 0.1) is 6.92 Å². The van der Waals surface area contributed by atoms with E-state index in [1.165, 1.54) is 0 Å². The number of nitrogens with zero attached hydrogens (tertiary/aromatic N) is 3. The zero-order valence-corrected chi connectivity index (χ0v) is 11.7. The topological polar surface area (TPSA) is 52.4 Å². The minimum absolute atomic E-state index is 0.0158. The molecule has 0 spiro atoms. The van der Waals surface area contributed by atoms with E-state index in [4.69, 9.17) is 4.42 Å². The van der Waals surface area contributed by atoms with Gasteiger partial charge in [0.1, 0.15) is 6.26 Å². The predicted octanol–water partition coefficient (Wildman–Crippen LogP) is 3.52. The molecule has 3 heterocycles. The molecule has 0 unspecified atom stereocenters. The van der Waals surface area contributed by atoms with E-state index in [9.17, 15) is 4.79 Å². The lowest BCUT2D eigenvalue weighted by molar-refractivity contribution is 0.0942. The maximum Gasteiger partial charge on any atom is 0.229 e. The molecule has 3 aromatic heterocycles. The van der Waals surface area contributed by atoms with E-state index in [1.807, 2.05) is 37.4 Å². The van der Waals surface area contributed by atoms with Crippen molar-refractivity contribution in [2.45, 2.75) is 13.8 Å². The highest BCUT2D eigenvalue weighted by Gasteiger charge is 2.19. The van der Waals surface area contributed by atoms with Gasteiger partial charge in [0.2, 0.25) is 11.6 Å². The Hall–Kier alpha value is -2.82. The molecular formula is C16H13N3O2. The lowest BCUT2D eigenvalue weighted by Gasteiger charge is -1.97. The number of aromatic nitrogens is 3. The van der Waals surface area contributed by atoms with Crippen LogP contribution in [0.1, 0.15) is 17.4 Å². The third kappa shape index (κ3) is 1.57. The third-order valence-corrected chi connectivity index (χ3v) is 3.74. The summed E-state index contributed by atoms with van der Waals surface area (Å²) < 4.78 is 8.93. The average Bonchev–Trinajstić information content (AvgIpc) is 3.11. The first-order chi connectivity index (χ1) is 10.2. The molecule has 4 aromatic rings. The van der Waals surface area contributed by atoms with Crippen LogP contribution in [0.4, 0.5) is 0 Å². The first-order valence-electron chi connectivity index (χ1n) is 6.70. The van der Waals surface area contributed by atoms with E-state index < -0.39 is 0 Å². The summed E-state index contributed by atoms with van der Waals surface area (Å²) in [7, 11) is 0. The molecule has 104 valence electrons. The number of hydrogen-bond acceptors (Lipinski definition) is 3. The Bertz CT molecular complexity index is 988. The first-order valence-corrected chi connectivity index (χ1v) is 6.70. The second-order valence-electron chi connectivity index (χ2n) is 5.06. The van der Waals surface area contributed by atoms with Crippen molar-refractivity contribution in [3.63, 3.8) is 0 Å². The Balaban J connectivity index is 2.13. The largest absolute Gasteiger partial charge is 0.444 e. The number of oxazole rings is 1. The van der Waals surface area contributed by atoms with E-state index in [0.29, 0.717) is 5.71 Å². The van der Waals surface area contributed by atoms with Crippen molar-refractivity contribution in [1.29, 1.82) is 0 Å². The van der Waals surface area contributed by atoms with E-state index in [0.717, 1.165) is 27.7 Å². The van der Waals surface area contributed by atoms with Crippen molar-refractivity contribution in [3.05, 3.63) is 48.6 Å². The van der Waals surface area contributed by atoms with E-state index in [-0.39, 0.29) is 5.91 Å². The summed E-state index contributed by atoms with van der Waals surface area (Å²) in [5.41, 5.74) is 4.35. The molecule has 0 radical (unpaired) electrons. The lowest BCUT2D eigenvalue weighted by Crippen LogP contribution is -2.02. The maximum atomic E-state index is 11.9. The van der Waals surface area contributed by atoms with E-state index in [2.05, 4.69) is 5.10 Å². The van der Waals surface area contributed by atoms with Gasteiger partial charge in [-0.3, -0.25) is 9.36 Å². The van der Waals surface area contributed by atoms with Gasteiger partial charge in [0.15, 0.2) is 0 Å². The van der Waals surface area contributed by atoms with Gasteiger partial charge in [-0.1, -0.05) is 18.2 Å². The molecule has 0 bridgehead atoms. The molecule has 0 N–H and O–H groups in total. The number of carbonyl (C=O) groups excluding carboxylic acids is 1. The Morgan fingerprint density at radius 1 is 1.29 bits per heavy atom. The number of hydrogen-bond donors (Lipinski definition) is 0. The molecule has 0 aliphatic rings. The average molecular weight is 279 g/mol. The molecule has 0 amide bonds. The number of rotatable bonds is 1. The normalized spacial score (nSPS) is 11.5. The van der Waals surface area contributed by atoms with Gasteiger partial charge in [0.05, 0.1) is 23.0 Å². The van der Waals surface area contributed by atoms with Gasteiger partial charge in [0.25, 0.3) is 0 Å². The van der Waals surface area contributed by atoms with E-state index >= 15 is 0 Å². The number of aryl methyl sites for hydroxylation is 1. The highest BCUT2D eigenvalue weighted by molar-refractivity contribution is 6.03. The van der Waals surface area contributed by atoms with Crippen molar-refractivity contribution in [3.8, 4) is 11.1 Å². The molecule has 5 nitrogen and oxygen atoms in total. The summed E-state index contributed by atoms with van der Waals surface area (Å²) >= 11 is 0. The lowest BCUT2D eigenvalue weighted by atomic mass is 10.1. The predicted molar refractivity (Wildman–Crippen MR) is 79.4 cm³/mol. The summed E-state index contributed by atoms with van der Waals surface area (Å²) in [6.07, 6.45) is 5.24. The quantitative estimate of drug-likeness (QED) is 0.535. The zero-order valence-electron chi connectivity index (χ0n) is 11.7. The van der Waals surface area contributed by atoms with Gasteiger partial charge < -0.3 is 4.42 Å². The van der Waals surface area contributed by atoms with Gasteiger partial charge in [-0.2, -0.15) is 5.10 Å². The fourth-order valence-electron chi connectivity index (χ4n) is 2.84. The summed E-state index contributed by atoms with van der Waals surface area (Å²) in [6.45, 7) is 3.50. The molecule has 0 saturated carbocycles. The van der Waals surface area contributed by atoms with Crippen LogP contribution in [0.3, 0.4) is 0 Å². The van der Waals surface area contributed by atoms with E-state index in [1.54, 1.807) is 28.5 Å². The molecular weight excluding hydrogens is 266 g/mol. The number of benzene rings is 1. The monoisotopic (exact) mass is 279 g/mol. The van der Waals surface area contributed by atoms with Crippen molar-refractivity contribution < 1.29 is 9.21 Å². The fraction of sp³-hybridized carbons (Fsp3) is 0.125. The Labute approximate surface area is 120 Å². The standard InChI is InChI=1S/C16H13N3O2/c1-10-15(16-19(17-10)7-8-21-16)13-9-18(11(2)20)14-6-4-3-5-12(13)14/h3-9H,1-2H3. The van der Waals surface area contributed by atoms with Crippen LogP contribution in [0.15, 0.2) is 47.3 Å². The molecule has 21 heavy (non-hydrogen) atoms. The van der Waals surface area contributed by atoms with Gasteiger partial charge >= 0.3 is 0 Å². The molecule has 0 aliphatic carbocycles. The molecule has 0 atom stereocenters. The minimum Gasteiger partial charge on any atom is -0.444 e. The van der Waals surface area contributed by atoms with Crippen LogP contribution in [0.2, 0.25) is 0 Å². The van der Waals surface area contributed by atoms with Crippen LogP contribution < -0.4 is 0 Å². The van der Waals surface area contributed by atoms with Crippen LogP contribution in [-0.2, 0) is 0 Å². The summed E-state index contributed by atoms with van der Waals surface area (Å²) in [5.74, 6) is -0.0158. The fourth-order valence-corrected chi connectivity index (χ4v) is 2.84. The summed E-state index contributed by atoms with van der Waals surface area (Å²) in [5, 5.41) is 5.45. The van der Waals surface area contributed by atoms with Gasteiger partial charge in [-0.05, 0) is 13.0 Å². The molecule has 0 saturated heterocycles. The van der Waals surface area contributed by atoms with Gasteiger partial charge in [-0.25, -0.2) is 4.52 Å². The Morgan fingerprint density at radius 2 is 2.10 bits per heavy atom. The third-order valence-electron chi connectivity index (χ3n) is 3.74. The first kappa shape index (κ1) is 12.0. The van der Waals surface area contributed by atoms with Crippen molar-refractivity contribution in [2.75, 3.05) is 0 Å². The van der Waals surface area contributed by atoms with Crippen LogP contribution >= 0.6 is 0 Å². The maximum absolute atomic E-state index is 11.9.